The fraction of sp³-hybridized carbons (Fsp3) is 0.345. The first-order chi connectivity index (χ1) is 20.9. The maximum Gasteiger partial charge on any atom is 0.273 e. The van der Waals surface area contributed by atoms with Crippen LogP contribution in [0.1, 0.15) is 33.9 Å². The zero-order valence-corrected chi connectivity index (χ0v) is 25.8. The molecule has 5 heterocycles. The van der Waals surface area contributed by atoms with Gasteiger partial charge in [-0.25, -0.2) is 14.6 Å². The van der Waals surface area contributed by atoms with Crippen molar-refractivity contribution in [1.82, 2.24) is 29.9 Å². The molecule has 0 saturated carbocycles. The molecule has 2 aliphatic heterocycles. The van der Waals surface area contributed by atoms with Crippen molar-refractivity contribution in [3.8, 4) is 23.0 Å². The summed E-state index contributed by atoms with van der Waals surface area (Å²) >= 11 is 8.75. The Morgan fingerprint density at radius 2 is 2.09 bits per heavy atom. The van der Waals surface area contributed by atoms with Crippen molar-refractivity contribution >= 4 is 40.6 Å². The Morgan fingerprint density at radius 1 is 1.28 bits per heavy atom. The number of ether oxygens (including phenoxy) is 4. The van der Waals surface area contributed by atoms with Gasteiger partial charge in [-0.2, -0.15) is 0 Å². The molecule has 6 unspecified atom stereocenters. The van der Waals surface area contributed by atoms with Crippen molar-refractivity contribution in [2.75, 3.05) is 27.8 Å². The topological polar surface area (TPSA) is 114 Å². The van der Waals surface area contributed by atoms with Crippen molar-refractivity contribution in [2.45, 2.75) is 41.0 Å². The first-order valence-electron chi connectivity index (χ1n) is 13.2. The van der Waals surface area contributed by atoms with Crippen LogP contribution in [0.5, 0.6) is 0 Å². The molecule has 6 rings (SSSR count). The van der Waals surface area contributed by atoms with E-state index in [2.05, 4.69) is 26.2 Å². The van der Waals surface area contributed by atoms with E-state index >= 15 is 0 Å². The van der Waals surface area contributed by atoms with Gasteiger partial charge in [0, 0.05) is 48.8 Å². The second kappa shape index (κ2) is 12.7. The molecule has 0 spiro atoms. The Bertz CT molecular complexity index is 1640. The lowest BCUT2D eigenvalue weighted by molar-refractivity contribution is -0.308. The van der Waals surface area contributed by atoms with E-state index < -0.39 is 36.1 Å². The first-order valence-corrected chi connectivity index (χ1v) is 15.4. The number of methoxy groups -OCH3 is 1. The predicted octanol–water partition coefficient (Wildman–Crippen LogP) is 4.32. The molecule has 14 heteroatoms. The van der Waals surface area contributed by atoms with E-state index in [1.54, 1.807) is 43.5 Å². The number of carbonyl (C=O) groups excluding carboxylic acids is 1. The summed E-state index contributed by atoms with van der Waals surface area (Å²) in [5.41, 5.74) is 1.62. The van der Waals surface area contributed by atoms with Crippen LogP contribution in [0.4, 0.5) is 0 Å². The van der Waals surface area contributed by atoms with Gasteiger partial charge >= 0.3 is 0 Å². The van der Waals surface area contributed by atoms with E-state index in [1.165, 1.54) is 34.2 Å². The van der Waals surface area contributed by atoms with Gasteiger partial charge in [-0.1, -0.05) is 64.8 Å². The molecule has 0 radical (unpaired) electrons. The largest absolute Gasteiger partial charge is 0.375 e. The minimum atomic E-state index is -0.623. The zero-order chi connectivity index (χ0) is 30.1. The number of nitrogens with zero attached hydrogens (tertiary/aromatic N) is 6. The SMILES string of the molecule is C#Cc1cnc(C(=O)N(C)C)c(SC2OC3COC(c4ccccc4)OC3C(n3cc(-c4nc(Cl)cs4)nn3)C2OC)c1. The van der Waals surface area contributed by atoms with Crippen molar-refractivity contribution < 1.29 is 23.7 Å². The van der Waals surface area contributed by atoms with E-state index in [0.29, 0.717) is 26.3 Å². The summed E-state index contributed by atoms with van der Waals surface area (Å²) in [6.07, 6.45) is 6.75. The van der Waals surface area contributed by atoms with Crippen LogP contribution in [0.2, 0.25) is 5.15 Å². The van der Waals surface area contributed by atoms with Crippen LogP contribution in [0.3, 0.4) is 0 Å². The second-order valence-electron chi connectivity index (χ2n) is 10.0. The van der Waals surface area contributed by atoms with E-state index in [0.717, 1.165) is 5.56 Å². The average molecular weight is 639 g/mol. The third kappa shape index (κ3) is 6.05. The fourth-order valence-electron chi connectivity index (χ4n) is 5.00. The van der Waals surface area contributed by atoms with E-state index in [-0.39, 0.29) is 18.2 Å². The van der Waals surface area contributed by atoms with Gasteiger partial charge in [-0.05, 0) is 6.07 Å². The summed E-state index contributed by atoms with van der Waals surface area (Å²) in [5.74, 6) is 2.34. The molecule has 2 fully saturated rings. The standard InChI is InChI=1S/C29H27ClN6O5S2/c1-5-16-11-20(22(31-12-16)27(37)35(2)3)43-29-25(38-4)23(36-13-18(33-34-36)26-32-21(30)15-42-26)24-19(40-29)14-39-28(41-24)17-9-7-6-8-10-17/h1,6-13,15,19,23-25,28-29H,14H2,2-4H3. The highest BCUT2D eigenvalue weighted by molar-refractivity contribution is 8.00. The average Bonchev–Trinajstić information content (AvgIpc) is 3.69. The number of amides is 1. The third-order valence-corrected chi connectivity index (χ3v) is 9.40. The lowest BCUT2D eigenvalue weighted by atomic mass is 9.96. The van der Waals surface area contributed by atoms with Crippen molar-refractivity contribution in [2.24, 2.45) is 0 Å². The van der Waals surface area contributed by atoms with Gasteiger partial charge in [-0.3, -0.25) is 4.79 Å². The van der Waals surface area contributed by atoms with Crippen molar-refractivity contribution in [1.29, 1.82) is 0 Å². The monoisotopic (exact) mass is 638 g/mol. The lowest BCUT2D eigenvalue weighted by Gasteiger charge is -2.48. The molecule has 1 aromatic carbocycles. The molecule has 0 aliphatic carbocycles. The third-order valence-electron chi connectivity index (χ3n) is 7.04. The molecule has 2 saturated heterocycles. The van der Waals surface area contributed by atoms with Crippen LogP contribution in [0, 0.1) is 12.3 Å². The number of pyridine rings is 1. The van der Waals surface area contributed by atoms with Crippen LogP contribution in [0.25, 0.3) is 10.7 Å². The van der Waals surface area contributed by atoms with Gasteiger partial charge in [0.1, 0.15) is 51.3 Å². The Morgan fingerprint density at radius 3 is 2.79 bits per heavy atom. The molecule has 3 aromatic heterocycles. The summed E-state index contributed by atoms with van der Waals surface area (Å²) in [7, 11) is 4.94. The maximum absolute atomic E-state index is 13.0. The van der Waals surface area contributed by atoms with Crippen LogP contribution in [-0.2, 0) is 18.9 Å². The van der Waals surface area contributed by atoms with Crippen LogP contribution in [-0.4, -0.2) is 87.3 Å². The summed E-state index contributed by atoms with van der Waals surface area (Å²) in [6, 6.07) is 11.0. The number of terminal acetylenes is 1. The summed E-state index contributed by atoms with van der Waals surface area (Å²) < 4.78 is 27.1. The Hall–Kier alpha value is -3.35. The number of benzene rings is 1. The van der Waals surface area contributed by atoms with Crippen LogP contribution in [0.15, 0.2) is 59.1 Å². The minimum Gasteiger partial charge on any atom is -0.375 e. The fourth-order valence-corrected chi connectivity index (χ4v) is 7.19. The van der Waals surface area contributed by atoms with Crippen molar-refractivity contribution in [3.05, 3.63) is 76.1 Å². The Kier molecular flexibility index (Phi) is 8.78. The van der Waals surface area contributed by atoms with Crippen LogP contribution >= 0.6 is 34.7 Å². The molecular weight excluding hydrogens is 612 g/mol. The number of thioether (sulfide) groups is 1. The number of halogens is 1. The number of hydrogen-bond donors (Lipinski definition) is 0. The molecular formula is C29H27ClN6O5S2. The van der Waals surface area contributed by atoms with Crippen LogP contribution < -0.4 is 0 Å². The summed E-state index contributed by atoms with van der Waals surface area (Å²) in [6.45, 7) is 0.254. The number of fused-ring (bicyclic) bond motifs is 1. The molecule has 0 bridgehead atoms. The molecule has 4 aromatic rings. The maximum atomic E-state index is 13.0. The van der Waals surface area contributed by atoms with Gasteiger partial charge in [0.15, 0.2) is 6.29 Å². The number of hydrogen-bond acceptors (Lipinski definition) is 11. The van der Waals surface area contributed by atoms with E-state index in [9.17, 15) is 4.79 Å². The van der Waals surface area contributed by atoms with Gasteiger partial charge in [-0.15, -0.1) is 22.9 Å². The number of thiazole rings is 1. The lowest BCUT2D eigenvalue weighted by Crippen LogP contribution is -2.59. The highest BCUT2D eigenvalue weighted by Crippen LogP contribution is 2.45. The molecule has 0 N–H and O–H groups in total. The first kappa shape index (κ1) is 29.7. The van der Waals surface area contributed by atoms with Gasteiger partial charge in [0.25, 0.3) is 5.91 Å². The van der Waals surface area contributed by atoms with Gasteiger partial charge in [0.2, 0.25) is 0 Å². The molecule has 222 valence electrons. The smallest absolute Gasteiger partial charge is 0.273 e. The van der Waals surface area contributed by atoms with Gasteiger partial charge < -0.3 is 23.8 Å². The quantitative estimate of drug-likeness (QED) is 0.271. The molecule has 1 amide bonds. The Labute approximate surface area is 261 Å². The second-order valence-corrected chi connectivity index (χ2v) is 12.4. The van der Waals surface area contributed by atoms with E-state index in [1.807, 2.05) is 30.3 Å². The van der Waals surface area contributed by atoms with E-state index in [4.69, 9.17) is 37.0 Å². The molecule has 11 nitrogen and oxygen atoms in total. The zero-order valence-electron chi connectivity index (χ0n) is 23.4. The Balaban J connectivity index is 1.38. The summed E-state index contributed by atoms with van der Waals surface area (Å²) in [4.78, 5) is 23.8. The highest BCUT2D eigenvalue weighted by atomic mass is 35.5. The normalized spacial score (nSPS) is 25.1. The van der Waals surface area contributed by atoms with Crippen molar-refractivity contribution in [3.63, 3.8) is 0 Å². The number of rotatable bonds is 7. The van der Waals surface area contributed by atoms with Gasteiger partial charge in [0.05, 0.1) is 12.8 Å². The highest BCUT2D eigenvalue weighted by Gasteiger charge is 2.52. The molecule has 2 aliphatic rings. The number of aromatic nitrogens is 5. The number of carbonyl (C=O) groups is 1. The molecule has 43 heavy (non-hydrogen) atoms. The summed E-state index contributed by atoms with van der Waals surface area (Å²) in [5, 5.41) is 11.6. The minimum absolute atomic E-state index is 0.254. The predicted molar refractivity (Wildman–Crippen MR) is 161 cm³/mol. The molecule has 6 atom stereocenters.